The molecular formula is C26H34N2O2. The van der Waals surface area contributed by atoms with Crippen LogP contribution in [0.3, 0.4) is 0 Å². The molecule has 5 rings (SSSR count). The van der Waals surface area contributed by atoms with E-state index in [-0.39, 0.29) is 16.9 Å². The average molecular weight is 407 g/mol. The molecule has 4 nitrogen and oxygen atoms in total. The molecule has 160 valence electrons. The molecule has 1 amide bonds. The summed E-state index contributed by atoms with van der Waals surface area (Å²) in [5, 5.41) is 9.21. The molecule has 0 aromatic heterocycles. The third-order valence-corrected chi connectivity index (χ3v) is 9.71. The fourth-order valence-corrected chi connectivity index (χ4v) is 8.10. The fraction of sp³-hybridized carbons (Fsp3) is 0.692. The number of piperidine rings is 1. The summed E-state index contributed by atoms with van der Waals surface area (Å²) in [6.07, 6.45) is 9.24. The summed E-state index contributed by atoms with van der Waals surface area (Å²) in [4.78, 5) is 14.4. The van der Waals surface area contributed by atoms with Crippen molar-refractivity contribution < 1.29 is 9.53 Å². The van der Waals surface area contributed by atoms with Crippen molar-refractivity contribution in [2.24, 2.45) is 28.6 Å². The smallest absolute Gasteiger partial charge is 0.222 e. The lowest BCUT2D eigenvalue weighted by Gasteiger charge is -2.61. The Morgan fingerprint density at radius 1 is 1.07 bits per heavy atom. The first-order valence-corrected chi connectivity index (χ1v) is 11.8. The molecule has 4 heteroatoms. The number of fused-ring (bicyclic) bond motifs is 5. The van der Waals surface area contributed by atoms with Crippen molar-refractivity contribution >= 4 is 5.91 Å². The number of amides is 1. The van der Waals surface area contributed by atoms with E-state index in [0.29, 0.717) is 23.4 Å². The molecule has 0 bridgehead atoms. The second-order valence-electron chi connectivity index (χ2n) is 10.8. The number of nitriles is 1. The highest BCUT2D eigenvalue weighted by atomic mass is 16.5. The van der Waals surface area contributed by atoms with Gasteiger partial charge in [0.25, 0.3) is 0 Å². The monoisotopic (exact) mass is 406 g/mol. The lowest BCUT2D eigenvalue weighted by Crippen LogP contribution is -2.61. The highest BCUT2D eigenvalue weighted by molar-refractivity contribution is 5.77. The maximum Gasteiger partial charge on any atom is 0.222 e. The molecule has 1 aromatic carbocycles. The molecule has 0 unspecified atom stereocenters. The van der Waals surface area contributed by atoms with E-state index in [1.165, 1.54) is 25.7 Å². The summed E-state index contributed by atoms with van der Waals surface area (Å²) in [7, 11) is 2.03. The lowest BCUT2D eigenvalue weighted by atomic mass is 9.47. The molecular weight excluding hydrogens is 372 g/mol. The van der Waals surface area contributed by atoms with Crippen LogP contribution in [0.15, 0.2) is 24.3 Å². The SMILES string of the molecule is CN1C(=O)CC[C@]2(C)[C@H]3CC[C@]4(C)[C@@H](Oc5cccc(C#N)c5)CC[C@H]4[C@@H]3CC[C@@H]12. The summed E-state index contributed by atoms with van der Waals surface area (Å²) in [6.45, 7) is 4.95. The van der Waals surface area contributed by atoms with Crippen molar-refractivity contribution in [3.63, 3.8) is 0 Å². The first-order valence-electron chi connectivity index (χ1n) is 11.8. The molecule has 1 aromatic rings. The predicted octanol–water partition coefficient (Wildman–Crippen LogP) is 5.17. The number of nitrogens with zero attached hydrogens (tertiary/aromatic N) is 2. The number of ether oxygens (including phenoxy) is 1. The van der Waals surface area contributed by atoms with Crippen molar-refractivity contribution in [3.05, 3.63) is 29.8 Å². The van der Waals surface area contributed by atoms with Gasteiger partial charge in [0, 0.05) is 24.9 Å². The Morgan fingerprint density at radius 3 is 2.67 bits per heavy atom. The van der Waals surface area contributed by atoms with E-state index in [9.17, 15) is 10.1 Å². The number of carbonyl (C=O) groups is 1. The van der Waals surface area contributed by atoms with Crippen LogP contribution >= 0.6 is 0 Å². The molecule has 1 aliphatic heterocycles. The summed E-state index contributed by atoms with van der Waals surface area (Å²) in [5.74, 6) is 3.37. The molecule has 30 heavy (non-hydrogen) atoms. The highest BCUT2D eigenvalue weighted by Crippen LogP contribution is 2.65. The fourth-order valence-electron chi connectivity index (χ4n) is 8.10. The number of benzene rings is 1. The third-order valence-electron chi connectivity index (χ3n) is 9.71. The molecule has 3 saturated carbocycles. The Morgan fingerprint density at radius 2 is 1.87 bits per heavy atom. The van der Waals surface area contributed by atoms with Crippen LogP contribution in [-0.4, -0.2) is 30.0 Å². The van der Waals surface area contributed by atoms with Crippen LogP contribution in [0.5, 0.6) is 5.75 Å². The Hall–Kier alpha value is -2.02. The molecule has 4 aliphatic rings. The Bertz CT molecular complexity index is 891. The van der Waals surface area contributed by atoms with Gasteiger partial charge in [0.05, 0.1) is 11.6 Å². The average Bonchev–Trinajstić information content (AvgIpc) is 3.07. The zero-order chi connectivity index (χ0) is 21.1. The van der Waals surface area contributed by atoms with Crippen LogP contribution in [0.1, 0.15) is 70.8 Å². The molecule has 4 fully saturated rings. The van der Waals surface area contributed by atoms with Gasteiger partial charge < -0.3 is 9.64 Å². The number of rotatable bonds is 2. The van der Waals surface area contributed by atoms with Crippen LogP contribution in [0.4, 0.5) is 0 Å². The largest absolute Gasteiger partial charge is 0.490 e. The van der Waals surface area contributed by atoms with E-state index in [1.54, 1.807) is 0 Å². The lowest BCUT2D eigenvalue weighted by molar-refractivity contribution is -0.159. The van der Waals surface area contributed by atoms with Crippen LogP contribution in [0.25, 0.3) is 0 Å². The molecule has 0 spiro atoms. The minimum absolute atomic E-state index is 0.212. The van der Waals surface area contributed by atoms with Gasteiger partial charge in [0.1, 0.15) is 11.9 Å². The summed E-state index contributed by atoms with van der Waals surface area (Å²) in [6, 6.07) is 10.3. The van der Waals surface area contributed by atoms with Gasteiger partial charge in [-0.05, 0) is 86.3 Å². The minimum Gasteiger partial charge on any atom is -0.490 e. The maximum atomic E-state index is 12.3. The quantitative estimate of drug-likeness (QED) is 0.681. The van der Waals surface area contributed by atoms with Gasteiger partial charge in [0.2, 0.25) is 5.91 Å². The molecule has 1 saturated heterocycles. The minimum atomic E-state index is 0.212. The van der Waals surface area contributed by atoms with Crippen LogP contribution < -0.4 is 4.74 Å². The molecule has 1 heterocycles. The van der Waals surface area contributed by atoms with Gasteiger partial charge in [-0.1, -0.05) is 19.9 Å². The first-order chi connectivity index (χ1) is 14.4. The van der Waals surface area contributed by atoms with Gasteiger partial charge in [0.15, 0.2) is 0 Å². The Labute approximate surface area is 180 Å². The van der Waals surface area contributed by atoms with E-state index in [4.69, 9.17) is 4.74 Å². The van der Waals surface area contributed by atoms with Crippen molar-refractivity contribution in [2.75, 3.05) is 7.05 Å². The van der Waals surface area contributed by atoms with Gasteiger partial charge in [-0.2, -0.15) is 5.26 Å². The summed E-state index contributed by atoms with van der Waals surface area (Å²) >= 11 is 0. The second kappa shape index (κ2) is 7.01. The van der Waals surface area contributed by atoms with E-state index in [1.807, 2.05) is 31.3 Å². The van der Waals surface area contributed by atoms with Crippen LogP contribution in [0, 0.1) is 39.9 Å². The molecule has 0 N–H and O–H groups in total. The number of hydrogen-bond acceptors (Lipinski definition) is 3. The van der Waals surface area contributed by atoms with E-state index in [2.05, 4.69) is 24.8 Å². The normalized spacial score (nSPS) is 42.7. The van der Waals surface area contributed by atoms with Crippen molar-refractivity contribution in [3.8, 4) is 11.8 Å². The van der Waals surface area contributed by atoms with Gasteiger partial charge in [-0.15, -0.1) is 0 Å². The predicted molar refractivity (Wildman–Crippen MR) is 116 cm³/mol. The van der Waals surface area contributed by atoms with Crippen molar-refractivity contribution in [2.45, 2.75) is 77.4 Å². The first kappa shape index (κ1) is 19.9. The number of hydrogen-bond donors (Lipinski definition) is 0. The van der Waals surface area contributed by atoms with E-state index in [0.717, 1.165) is 43.3 Å². The number of likely N-dealkylation sites (tertiary alicyclic amines) is 1. The van der Waals surface area contributed by atoms with E-state index >= 15 is 0 Å². The van der Waals surface area contributed by atoms with E-state index < -0.39 is 0 Å². The van der Waals surface area contributed by atoms with Crippen LogP contribution in [0.2, 0.25) is 0 Å². The van der Waals surface area contributed by atoms with Gasteiger partial charge in [-0.3, -0.25) is 4.79 Å². The number of carbonyl (C=O) groups excluding carboxylic acids is 1. The summed E-state index contributed by atoms with van der Waals surface area (Å²) in [5.41, 5.74) is 1.15. The van der Waals surface area contributed by atoms with Crippen molar-refractivity contribution in [1.29, 1.82) is 5.26 Å². The van der Waals surface area contributed by atoms with Gasteiger partial charge >= 0.3 is 0 Å². The maximum absolute atomic E-state index is 12.3. The van der Waals surface area contributed by atoms with Gasteiger partial charge in [-0.25, -0.2) is 0 Å². The zero-order valence-electron chi connectivity index (χ0n) is 18.6. The molecule has 7 atom stereocenters. The standard InChI is InChI=1S/C26H34N2O2/c1-25-14-12-24(29)28(3)22(25)9-7-19-20-8-10-23(26(20,2)13-11-21(19)25)30-18-6-4-5-17(15-18)16-27/h4-6,15,19-23H,7-14H2,1-3H3/t19-,20-,21-,22+,23-,25+,26-/m0/s1. The van der Waals surface area contributed by atoms with Crippen molar-refractivity contribution in [1.82, 2.24) is 4.90 Å². The molecule has 0 radical (unpaired) electrons. The highest BCUT2D eigenvalue weighted by Gasteiger charge is 2.61. The topological polar surface area (TPSA) is 53.3 Å². The zero-order valence-corrected chi connectivity index (χ0v) is 18.6. The Balaban J connectivity index is 1.38. The summed E-state index contributed by atoms with van der Waals surface area (Å²) < 4.78 is 6.53. The molecule has 3 aliphatic carbocycles. The Kier molecular flexibility index (Phi) is 4.65. The van der Waals surface area contributed by atoms with Crippen LogP contribution in [-0.2, 0) is 4.79 Å². The third kappa shape index (κ3) is 2.81. The second-order valence-corrected chi connectivity index (χ2v) is 10.8.